The fourth-order valence-electron chi connectivity index (χ4n) is 0.631. The number of nitriles is 1. The van der Waals surface area contributed by atoms with E-state index in [9.17, 15) is 4.79 Å². The van der Waals surface area contributed by atoms with Crippen molar-refractivity contribution in [2.45, 2.75) is 0 Å². The summed E-state index contributed by atoms with van der Waals surface area (Å²) in [5, 5.41) is 8.31. The topological polar surface area (TPSA) is 40.9 Å². The summed E-state index contributed by atoms with van der Waals surface area (Å²) in [6, 6.07) is 1.87. The quantitative estimate of drug-likeness (QED) is 0.473. The van der Waals surface area contributed by atoms with E-state index in [1.165, 1.54) is 6.08 Å². The van der Waals surface area contributed by atoms with E-state index in [-0.39, 0.29) is 5.78 Å². The van der Waals surface area contributed by atoms with Crippen LogP contribution in [0, 0.1) is 17.2 Å². The van der Waals surface area contributed by atoms with Crippen LogP contribution in [0.1, 0.15) is 0 Å². The lowest BCUT2D eigenvalue weighted by molar-refractivity contribution is -0.115. The van der Waals surface area contributed by atoms with Crippen LogP contribution in [0.4, 0.5) is 0 Å². The Morgan fingerprint density at radius 3 is 2.78 bits per heavy atom. The van der Waals surface area contributed by atoms with Gasteiger partial charge in [0.05, 0.1) is 6.07 Å². The molecule has 0 aromatic rings. The molecule has 9 heavy (non-hydrogen) atoms. The zero-order valence-electron chi connectivity index (χ0n) is 4.74. The van der Waals surface area contributed by atoms with Gasteiger partial charge < -0.3 is 0 Å². The third-order valence-corrected chi connectivity index (χ3v) is 1.12. The summed E-state index contributed by atoms with van der Waals surface area (Å²) < 4.78 is 0. The van der Waals surface area contributed by atoms with Gasteiger partial charge in [-0.3, -0.25) is 4.79 Å². The molecule has 0 amide bonds. The summed E-state index contributed by atoms with van der Waals surface area (Å²) in [7, 11) is 0. The van der Waals surface area contributed by atoms with Crippen LogP contribution in [0.15, 0.2) is 24.3 Å². The highest BCUT2D eigenvalue weighted by Crippen LogP contribution is 2.04. The van der Waals surface area contributed by atoms with Crippen molar-refractivity contribution >= 4 is 5.78 Å². The van der Waals surface area contributed by atoms with Gasteiger partial charge in [0.2, 0.25) is 0 Å². The average Bonchev–Trinajstić information content (AvgIpc) is 1.89. The van der Waals surface area contributed by atoms with Crippen molar-refractivity contribution in [1.82, 2.24) is 0 Å². The van der Waals surface area contributed by atoms with Gasteiger partial charge >= 0.3 is 0 Å². The number of hydrogen-bond donors (Lipinski definition) is 0. The Hall–Kier alpha value is -1.36. The second kappa shape index (κ2) is 2.27. The first-order valence-corrected chi connectivity index (χ1v) is 2.63. The summed E-state index contributed by atoms with van der Waals surface area (Å²) in [4.78, 5) is 10.7. The number of ketones is 1. The molecule has 0 saturated heterocycles. The maximum absolute atomic E-state index is 10.7. The maximum Gasteiger partial charge on any atom is 0.176 e. The molecule has 1 atom stereocenters. The third-order valence-electron chi connectivity index (χ3n) is 1.12. The number of carbonyl (C=O) groups excluding carboxylic acids is 1. The monoisotopic (exact) mass is 119 g/mol. The van der Waals surface area contributed by atoms with Gasteiger partial charge in [-0.1, -0.05) is 18.2 Å². The second-order valence-corrected chi connectivity index (χ2v) is 1.75. The van der Waals surface area contributed by atoms with E-state index in [0.717, 1.165) is 0 Å². The molecule has 2 nitrogen and oxygen atoms in total. The van der Waals surface area contributed by atoms with Crippen LogP contribution >= 0.6 is 0 Å². The van der Waals surface area contributed by atoms with Gasteiger partial charge in [0.15, 0.2) is 5.78 Å². The van der Waals surface area contributed by atoms with Crippen LogP contribution in [0.2, 0.25) is 0 Å². The van der Waals surface area contributed by atoms with E-state index in [1.807, 2.05) is 6.07 Å². The summed E-state index contributed by atoms with van der Waals surface area (Å²) in [6.07, 6.45) is 6.34. The van der Waals surface area contributed by atoms with E-state index >= 15 is 0 Å². The highest BCUT2D eigenvalue weighted by molar-refractivity contribution is 5.96. The van der Waals surface area contributed by atoms with Crippen LogP contribution in [0.25, 0.3) is 0 Å². The minimum Gasteiger partial charge on any atom is -0.293 e. The molecule has 0 N–H and O–H groups in total. The first-order valence-electron chi connectivity index (χ1n) is 2.63. The Morgan fingerprint density at radius 1 is 1.56 bits per heavy atom. The van der Waals surface area contributed by atoms with E-state index in [4.69, 9.17) is 5.26 Å². The first kappa shape index (κ1) is 5.77. The number of carbonyl (C=O) groups is 1. The molecule has 0 aromatic heterocycles. The second-order valence-electron chi connectivity index (χ2n) is 1.75. The fourth-order valence-corrected chi connectivity index (χ4v) is 0.631. The van der Waals surface area contributed by atoms with Crippen LogP contribution in [0.3, 0.4) is 0 Å². The zero-order chi connectivity index (χ0) is 6.69. The zero-order valence-corrected chi connectivity index (χ0v) is 4.74. The van der Waals surface area contributed by atoms with E-state index in [1.54, 1.807) is 18.2 Å². The minimum absolute atomic E-state index is 0.125. The summed E-state index contributed by atoms with van der Waals surface area (Å²) in [6.45, 7) is 0. The molecule has 0 bridgehead atoms. The maximum atomic E-state index is 10.7. The molecule has 1 aliphatic rings. The predicted molar refractivity (Wildman–Crippen MR) is 32.4 cm³/mol. The highest BCUT2D eigenvalue weighted by atomic mass is 16.1. The molecular formula is C7H5NO. The molecule has 0 radical (unpaired) electrons. The Bertz CT molecular complexity index is 220. The lowest BCUT2D eigenvalue weighted by atomic mass is 10.0. The largest absolute Gasteiger partial charge is 0.293 e. The SMILES string of the molecule is N#CC1C=CC=CC1=O. The molecular weight excluding hydrogens is 114 g/mol. The molecule has 1 unspecified atom stereocenters. The van der Waals surface area contributed by atoms with Gasteiger partial charge in [-0.25, -0.2) is 0 Å². The lowest BCUT2D eigenvalue weighted by Crippen LogP contribution is -2.08. The molecule has 44 valence electrons. The summed E-state index contributed by atoms with van der Waals surface area (Å²) >= 11 is 0. The molecule has 0 saturated carbocycles. The molecule has 1 aliphatic carbocycles. The van der Waals surface area contributed by atoms with Crippen molar-refractivity contribution in [3.63, 3.8) is 0 Å². The van der Waals surface area contributed by atoms with Gasteiger partial charge in [-0.2, -0.15) is 5.26 Å². The van der Waals surface area contributed by atoms with Crippen molar-refractivity contribution in [2.24, 2.45) is 5.92 Å². The van der Waals surface area contributed by atoms with Crippen LogP contribution in [0.5, 0.6) is 0 Å². The Balaban J connectivity index is 2.81. The van der Waals surface area contributed by atoms with Crippen LogP contribution in [-0.4, -0.2) is 5.78 Å². The van der Waals surface area contributed by atoms with Gasteiger partial charge in [-0.15, -0.1) is 0 Å². The molecule has 0 heterocycles. The Labute approximate surface area is 53.1 Å². The molecule has 0 spiro atoms. The van der Waals surface area contributed by atoms with Crippen molar-refractivity contribution in [3.05, 3.63) is 24.3 Å². The van der Waals surface area contributed by atoms with Crippen LogP contribution < -0.4 is 0 Å². The first-order chi connectivity index (χ1) is 4.34. The van der Waals surface area contributed by atoms with Gasteiger partial charge in [0.1, 0.15) is 5.92 Å². The molecule has 0 fully saturated rings. The number of allylic oxidation sites excluding steroid dienone is 4. The van der Waals surface area contributed by atoms with Gasteiger partial charge in [0, 0.05) is 0 Å². The van der Waals surface area contributed by atoms with Gasteiger partial charge in [0.25, 0.3) is 0 Å². The van der Waals surface area contributed by atoms with E-state index in [0.29, 0.717) is 0 Å². The Kier molecular flexibility index (Phi) is 1.46. The number of rotatable bonds is 0. The van der Waals surface area contributed by atoms with E-state index < -0.39 is 5.92 Å². The van der Waals surface area contributed by atoms with Crippen molar-refractivity contribution in [2.75, 3.05) is 0 Å². The fraction of sp³-hybridized carbons (Fsp3) is 0.143. The lowest BCUT2D eigenvalue weighted by Gasteiger charge is -1.98. The summed E-state index contributed by atoms with van der Waals surface area (Å²) in [5.41, 5.74) is 0. The van der Waals surface area contributed by atoms with E-state index in [2.05, 4.69) is 0 Å². The van der Waals surface area contributed by atoms with Crippen molar-refractivity contribution < 1.29 is 4.79 Å². The van der Waals surface area contributed by atoms with Crippen molar-refractivity contribution in [1.29, 1.82) is 5.26 Å². The van der Waals surface area contributed by atoms with Crippen molar-refractivity contribution in [3.8, 4) is 6.07 Å². The predicted octanol–water partition coefficient (Wildman–Crippen LogP) is 0.821. The number of hydrogen-bond acceptors (Lipinski definition) is 2. The Morgan fingerprint density at radius 2 is 2.33 bits per heavy atom. The normalized spacial score (nSPS) is 23.9. The smallest absolute Gasteiger partial charge is 0.176 e. The van der Waals surface area contributed by atoms with Crippen LogP contribution in [-0.2, 0) is 4.79 Å². The highest BCUT2D eigenvalue weighted by Gasteiger charge is 2.11. The average molecular weight is 119 g/mol. The number of nitrogens with zero attached hydrogens (tertiary/aromatic N) is 1. The molecule has 0 aliphatic heterocycles. The molecule has 1 rings (SSSR count). The standard InChI is InChI=1S/C7H5NO/c8-5-6-3-1-2-4-7(6)9/h1-4,6H. The summed E-state index contributed by atoms with van der Waals surface area (Å²) in [5.74, 6) is -0.671. The third kappa shape index (κ3) is 1.06. The minimum atomic E-state index is -0.546. The molecule has 2 heteroatoms. The molecule has 0 aromatic carbocycles. The van der Waals surface area contributed by atoms with Gasteiger partial charge in [-0.05, 0) is 6.08 Å².